The van der Waals surface area contributed by atoms with Crippen LogP contribution in [0.25, 0.3) is 33.4 Å². The molecule has 3 aromatic heterocycles. The van der Waals surface area contributed by atoms with Gasteiger partial charge < -0.3 is 10.4 Å². The van der Waals surface area contributed by atoms with Gasteiger partial charge in [-0.15, -0.1) is 0 Å². The zero-order valence-corrected chi connectivity index (χ0v) is 16.6. The second-order valence-electron chi connectivity index (χ2n) is 7.06. The first-order chi connectivity index (χ1) is 15.3. The summed E-state index contributed by atoms with van der Waals surface area (Å²) in [4.78, 5) is 18.1. The number of hydrogen-bond donors (Lipinski definition) is 2. The predicted octanol–water partition coefficient (Wildman–Crippen LogP) is 5.07. The van der Waals surface area contributed by atoms with E-state index in [9.17, 15) is 5.11 Å². The van der Waals surface area contributed by atoms with E-state index in [1.54, 1.807) is 24.7 Å². The third kappa shape index (κ3) is 3.91. The number of nitrogens with zero attached hydrogens (tertiary/aromatic N) is 4. The van der Waals surface area contributed by atoms with E-state index in [4.69, 9.17) is 9.97 Å². The number of benzene rings is 2. The van der Waals surface area contributed by atoms with Gasteiger partial charge in [-0.25, -0.2) is 9.97 Å². The molecule has 31 heavy (non-hydrogen) atoms. The minimum Gasteiger partial charge on any atom is -0.507 e. The molecule has 0 saturated carbocycles. The van der Waals surface area contributed by atoms with Crippen LogP contribution in [-0.2, 0) is 6.54 Å². The number of pyridine rings is 2. The van der Waals surface area contributed by atoms with Gasteiger partial charge >= 0.3 is 0 Å². The van der Waals surface area contributed by atoms with Crippen molar-refractivity contribution in [2.24, 2.45) is 0 Å². The summed E-state index contributed by atoms with van der Waals surface area (Å²) in [7, 11) is 0. The van der Waals surface area contributed by atoms with Gasteiger partial charge in [-0.2, -0.15) is 0 Å². The quantitative estimate of drug-likeness (QED) is 0.425. The predicted molar refractivity (Wildman–Crippen MR) is 121 cm³/mol. The Morgan fingerprint density at radius 2 is 1.71 bits per heavy atom. The van der Waals surface area contributed by atoms with Crippen molar-refractivity contribution in [2.45, 2.75) is 6.54 Å². The van der Waals surface area contributed by atoms with Crippen LogP contribution >= 0.6 is 0 Å². The van der Waals surface area contributed by atoms with Crippen LogP contribution in [0.5, 0.6) is 5.75 Å². The topological polar surface area (TPSA) is 83.8 Å². The lowest BCUT2D eigenvalue weighted by atomic mass is 10.0. The normalized spacial score (nSPS) is 10.8. The van der Waals surface area contributed by atoms with Gasteiger partial charge in [0.05, 0.1) is 17.8 Å². The van der Waals surface area contributed by atoms with Gasteiger partial charge in [0, 0.05) is 35.1 Å². The van der Waals surface area contributed by atoms with Crippen LogP contribution < -0.4 is 5.32 Å². The fraction of sp³-hybridized carbons (Fsp3) is 0.0400. The van der Waals surface area contributed by atoms with Crippen molar-refractivity contribution in [3.05, 3.63) is 97.1 Å². The molecular formula is C25H19N5O. The van der Waals surface area contributed by atoms with E-state index in [1.165, 1.54) is 0 Å². The largest absolute Gasteiger partial charge is 0.507 e. The molecule has 0 aliphatic carbocycles. The summed E-state index contributed by atoms with van der Waals surface area (Å²) in [5.74, 6) is 1.54. The average Bonchev–Trinajstić information content (AvgIpc) is 2.83. The number of nitrogens with one attached hydrogen (secondary N) is 1. The highest BCUT2D eigenvalue weighted by Crippen LogP contribution is 2.33. The second kappa shape index (κ2) is 8.20. The minimum absolute atomic E-state index is 0.233. The van der Waals surface area contributed by atoms with Crippen LogP contribution in [0.1, 0.15) is 5.69 Å². The number of anilines is 1. The van der Waals surface area contributed by atoms with Crippen molar-refractivity contribution in [3.8, 4) is 28.3 Å². The highest BCUT2D eigenvalue weighted by molar-refractivity contribution is 5.94. The Balaban J connectivity index is 1.62. The Bertz CT molecular complexity index is 1340. The van der Waals surface area contributed by atoms with Crippen LogP contribution in [0.15, 0.2) is 91.4 Å². The molecule has 6 nitrogen and oxygen atoms in total. The van der Waals surface area contributed by atoms with Gasteiger partial charge in [-0.05, 0) is 48.0 Å². The van der Waals surface area contributed by atoms with E-state index >= 15 is 0 Å². The number of aromatic hydroxyl groups is 1. The number of aromatic nitrogens is 4. The van der Waals surface area contributed by atoms with Crippen molar-refractivity contribution in [1.82, 2.24) is 19.9 Å². The maximum absolute atomic E-state index is 10.3. The van der Waals surface area contributed by atoms with Crippen molar-refractivity contribution in [1.29, 1.82) is 0 Å². The van der Waals surface area contributed by atoms with E-state index in [0.29, 0.717) is 12.4 Å². The summed E-state index contributed by atoms with van der Waals surface area (Å²) in [5.41, 5.74) is 4.17. The number of fused-ring (bicyclic) bond motifs is 1. The molecule has 0 bridgehead atoms. The lowest BCUT2D eigenvalue weighted by Crippen LogP contribution is -2.05. The third-order valence-corrected chi connectivity index (χ3v) is 4.99. The average molecular weight is 405 g/mol. The molecule has 0 spiro atoms. The summed E-state index contributed by atoms with van der Waals surface area (Å²) in [6.45, 7) is 0.542. The first-order valence-electron chi connectivity index (χ1n) is 9.92. The Morgan fingerprint density at radius 3 is 2.52 bits per heavy atom. The number of phenols is 1. The smallest absolute Gasteiger partial charge is 0.163 e. The molecule has 2 N–H and O–H groups in total. The van der Waals surface area contributed by atoms with Crippen LogP contribution in [0, 0.1) is 0 Å². The number of rotatable bonds is 5. The van der Waals surface area contributed by atoms with Crippen molar-refractivity contribution in [3.63, 3.8) is 0 Å². The molecule has 0 aliphatic rings. The Morgan fingerprint density at radius 1 is 0.806 bits per heavy atom. The summed E-state index contributed by atoms with van der Waals surface area (Å²) in [5, 5.41) is 14.6. The Hall–Kier alpha value is -4.32. The highest BCUT2D eigenvalue weighted by atomic mass is 16.3. The maximum atomic E-state index is 10.3. The molecule has 5 aromatic rings. The van der Waals surface area contributed by atoms with E-state index in [1.807, 2.05) is 66.7 Å². The zero-order valence-electron chi connectivity index (χ0n) is 16.6. The minimum atomic E-state index is 0.233. The molecule has 6 heteroatoms. The van der Waals surface area contributed by atoms with Crippen LogP contribution in [-0.4, -0.2) is 25.0 Å². The molecule has 0 fully saturated rings. The third-order valence-electron chi connectivity index (χ3n) is 4.99. The van der Waals surface area contributed by atoms with E-state index in [0.717, 1.165) is 39.1 Å². The van der Waals surface area contributed by atoms with E-state index < -0.39 is 0 Å². The molecule has 0 saturated heterocycles. The number of para-hydroxylation sites is 1. The number of phenolic OH excluding ortho intramolecular Hbond substituents is 1. The molecule has 3 heterocycles. The monoisotopic (exact) mass is 405 g/mol. The molecule has 0 atom stereocenters. The molecular weight excluding hydrogens is 386 g/mol. The lowest BCUT2D eigenvalue weighted by Gasteiger charge is -2.12. The first kappa shape index (κ1) is 18.7. The first-order valence-corrected chi connectivity index (χ1v) is 9.92. The van der Waals surface area contributed by atoms with Gasteiger partial charge in [0.15, 0.2) is 5.82 Å². The van der Waals surface area contributed by atoms with Crippen LogP contribution in [0.4, 0.5) is 5.82 Å². The molecule has 0 aliphatic heterocycles. The molecule has 0 amide bonds. The van der Waals surface area contributed by atoms with E-state index in [-0.39, 0.29) is 5.75 Å². The van der Waals surface area contributed by atoms with Gasteiger partial charge in [0.1, 0.15) is 11.6 Å². The Labute approximate surface area is 179 Å². The SMILES string of the molecule is Oc1ccccc1-c1ccc2c(NCc3ccccn3)nc(-c3cccnc3)nc2c1. The van der Waals surface area contributed by atoms with Crippen molar-refractivity contribution in [2.75, 3.05) is 5.32 Å². The zero-order chi connectivity index (χ0) is 21.0. The summed E-state index contributed by atoms with van der Waals surface area (Å²) < 4.78 is 0. The maximum Gasteiger partial charge on any atom is 0.163 e. The van der Waals surface area contributed by atoms with Crippen LogP contribution in [0.2, 0.25) is 0 Å². The fourth-order valence-corrected chi connectivity index (χ4v) is 3.45. The Kier molecular flexibility index (Phi) is 4.94. The van der Waals surface area contributed by atoms with Crippen LogP contribution in [0.3, 0.4) is 0 Å². The van der Waals surface area contributed by atoms with E-state index in [2.05, 4.69) is 15.3 Å². The summed E-state index contributed by atoms with van der Waals surface area (Å²) in [6, 6.07) is 22.8. The molecule has 0 radical (unpaired) electrons. The summed E-state index contributed by atoms with van der Waals surface area (Å²) in [6.07, 6.45) is 5.24. The lowest BCUT2D eigenvalue weighted by molar-refractivity contribution is 0.477. The summed E-state index contributed by atoms with van der Waals surface area (Å²) >= 11 is 0. The molecule has 2 aromatic carbocycles. The second-order valence-corrected chi connectivity index (χ2v) is 7.06. The van der Waals surface area contributed by atoms with Gasteiger partial charge in [-0.1, -0.05) is 30.3 Å². The molecule has 150 valence electrons. The van der Waals surface area contributed by atoms with Crippen molar-refractivity contribution >= 4 is 16.7 Å². The molecule has 0 unspecified atom stereocenters. The highest BCUT2D eigenvalue weighted by Gasteiger charge is 2.12. The fourth-order valence-electron chi connectivity index (χ4n) is 3.45. The van der Waals surface area contributed by atoms with Crippen molar-refractivity contribution < 1.29 is 5.11 Å². The molecule has 5 rings (SSSR count). The standard InChI is InChI=1S/C25H19N5O/c31-23-9-2-1-8-20(23)17-10-11-21-22(14-17)29-24(18-6-5-12-26-15-18)30-25(21)28-16-19-7-3-4-13-27-19/h1-15,31H,16H2,(H,28,29,30). The van der Waals surface area contributed by atoms with Gasteiger partial charge in [0.2, 0.25) is 0 Å². The van der Waals surface area contributed by atoms with Gasteiger partial charge in [0.25, 0.3) is 0 Å². The number of hydrogen-bond acceptors (Lipinski definition) is 6. The van der Waals surface area contributed by atoms with Gasteiger partial charge in [-0.3, -0.25) is 9.97 Å².